The van der Waals surface area contributed by atoms with Gasteiger partial charge in [0.1, 0.15) is 6.54 Å². The van der Waals surface area contributed by atoms with Crippen molar-refractivity contribution in [2.75, 3.05) is 40.3 Å². The van der Waals surface area contributed by atoms with E-state index < -0.39 is 0 Å². The lowest BCUT2D eigenvalue weighted by Gasteiger charge is -2.21. The number of aromatic nitrogens is 2. The lowest BCUT2D eigenvalue weighted by Crippen LogP contribution is -2.40. The van der Waals surface area contributed by atoms with Crippen LogP contribution >= 0.6 is 24.0 Å². The number of likely N-dealkylation sites (N-methyl/N-ethyl adjacent to an activating group) is 1. The minimum atomic E-state index is 0. The van der Waals surface area contributed by atoms with Gasteiger partial charge in [0.2, 0.25) is 5.91 Å². The maximum atomic E-state index is 11.7. The monoisotopic (exact) mass is 434 g/mol. The van der Waals surface area contributed by atoms with Crippen LogP contribution in [0.15, 0.2) is 17.4 Å². The van der Waals surface area contributed by atoms with Crippen LogP contribution in [0.25, 0.3) is 0 Å². The van der Waals surface area contributed by atoms with Crippen molar-refractivity contribution in [2.24, 2.45) is 12.0 Å². The summed E-state index contributed by atoms with van der Waals surface area (Å²) in [6, 6.07) is 0. The third kappa shape index (κ3) is 5.36. The Hall–Kier alpha value is -1.32. The van der Waals surface area contributed by atoms with Gasteiger partial charge in [0.15, 0.2) is 5.96 Å². The number of hydrogen-bond donors (Lipinski definition) is 1. The highest BCUT2D eigenvalue weighted by Crippen LogP contribution is 2.26. The van der Waals surface area contributed by atoms with Gasteiger partial charge >= 0.3 is 0 Å². The zero-order valence-corrected chi connectivity index (χ0v) is 16.7. The Balaban J connectivity index is 0.00000264. The Kier molecular flexibility index (Phi) is 7.80. The summed E-state index contributed by atoms with van der Waals surface area (Å²) >= 11 is 0. The molecular weight excluding hydrogens is 407 g/mol. The highest BCUT2D eigenvalue weighted by Gasteiger charge is 2.27. The van der Waals surface area contributed by atoms with Crippen LogP contribution in [0.3, 0.4) is 0 Å². The first-order chi connectivity index (χ1) is 10.5. The summed E-state index contributed by atoms with van der Waals surface area (Å²) in [6.45, 7) is 4.87. The lowest BCUT2D eigenvalue weighted by molar-refractivity contribution is -0.127. The zero-order chi connectivity index (χ0) is 16.1. The van der Waals surface area contributed by atoms with Crippen LogP contribution in [0.5, 0.6) is 0 Å². The minimum Gasteiger partial charge on any atom is -0.357 e. The molecule has 130 valence electrons. The van der Waals surface area contributed by atoms with Crippen LogP contribution in [0.1, 0.15) is 24.8 Å². The molecule has 1 aliphatic heterocycles. The van der Waals surface area contributed by atoms with Crippen LogP contribution in [-0.2, 0) is 11.8 Å². The first kappa shape index (κ1) is 19.7. The predicted molar refractivity (Wildman–Crippen MR) is 102 cm³/mol. The van der Waals surface area contributed by atoms with E-state index in [2.05, 4.69) is 26.5 Å². The summed E-state index contributed by atoms with van der Waals surface area (Å²) in [6.07, 6.45) is 5.10. The van der Waals surface area contributed by atoms with Gasteiger partial charge in [-0.3, -0.25) is 9.48 Å². The average molecular weight is 434 g/mol. The van der Waals surface area contributed by atoms with E-state index in [9.17, 15) is 4.79 Å². The van der Waals surface area contributed by atoms with Crippen LogP contribution in [0, 0.1) is 0 Å². The molecular formula is C15H27IN6O. The maximum Gasteiger partial charge on any atom is 0.243 e. The van der Waals surface area contributed by atoms with Crippen molar-refractivity contribution < 1.29 is 4.79 Å². The van der Waals surface area contributed by atoms with Crippen molar-refractivity contribution in [3.8, 4) is 0 Å². The molecule has 8 heteroatoms. The summed E-state index contributed by atoms with van der Waals surface area (Å²) in [7, 11) is 5.44. The molecule has 0 spiro atoms. The molecule has 1 amide bonds. The molecule has 0 bridgehead atoms. The fraction of sp³-hybridized carbons (Fsp3) is 0.667. The first-order valence-corrected chi connectivity index (χ1v) is 7.73. The van der Waals surface area contributed by atoms with E-state index in [1.807, 2.05) is 24.9 Å². The summed E-state index contributed by atoms with van der Waals surface area (Å²) in [4.78, 5) is 20.0. The smallest absolute Gasteiger partial charge is 0.243 e. The van der Waals surface area contributed by atoms with Gasteiger partial charge in [0.25, 0.3) is 0 Å². The number of halogens is 1. The number of rotatable bonds is 4. The average Bonchev–Trinajstić information content (AvgIpc) is 3.11. The second-order valence-electron chi connectivity index (χ2n) is 5.84. The van der Waals surface area contributed by atoms with Crippen molar-refractivity contribution in [2.45, 2.75) is 19.3 Å². The van der Waals surface area contributed by atoms with E-state index in [0.717, 1.165) is 32.0 Å². The quantitative estimate of drug-likeness (QED) is 0.434. The van der Waals surface area contributed by atoms with Crippen LogP contribution in [0.4, 0.5) is 0 Å². The third-order valence-electron chi connectivity index (χ3n) is 3.88. The molecule has 2 rings (SSSR count). The number of guanidine groups is 1. The van der Waals surface area contributed by atoms with Crippen molar-refractivity contribution in [3.05, 3.63) is 18.0 Å². The molecule has 1 saturated heterocycles. The molecule has 7 nitrogen and oxygen atoms in total. The van der Waals surface area contributed by atoms with Crippen LogP contribution in [-0.4, -0.2) is 71.7 Å². The van der Waals surface area contributed by atoms with E-state index in [-0.39, 0.29) is 36.4 Å². The predicted octanol–water partition coefficient (Wildman–Crippen LogP) is 0.881. The van der Waals surface area contributed by atoms with Gasteiger partial charge in [0.05, 0.1) is 6.20 Å². The number of aliphatic imine (C=N–C) groups is 1. The molecule has 1 unspecified atom stereocenters. The Morgan fingerprint density at radius 1 is 1.52 bits per heavy atom. The van der Waals surface area contributed by atoms with Crippen molar-refractivity contribution in [1.29, 1.82) is 0 Å². The number of carbonyl (C=O) groups excluding carboxylic acids is 1. The van der Waals surface area contributed by atoms with Gasteiger partial charge in [-0.15, -0.1) is 24.0 Å². The van der Waals surface area contributed by atoms with Crippen molar-refractivity contribution in [1.82, 2.24) is 24.9 Å². The molecule has 1 aromatic heterocycles. The minimum absolute atomic E-state index is 0. The number of nitrogens with one attached hydrogen (secondary N) is 1. The van der Waals surface area contributed by atoms with E-state index in [4.69, 9.17) is 0 Å². The van der Waals surface area contributed by atoms with E-state index in [1.165, 1.54) is 5.56 Å². The molecule has 23 heavy (non-hydrogen) atoms. The summed E-state index contributed by atoms with van der Waals surface area (Å²) in [5, 5.41) is 7.53. The fourth-order valence-electron chi connectivity index (χ4n) is 2.59. The van der Waals surface area contributed by atoms with Crippen LogP contribution < -0.4 is 5.32 Å². The standard InChI is InChI=1S/C15H26N6O.HI/c1-5-16-15(17-9-14(22)19(2)3)21-7-6-12(11-21)13-8-18-20(4)10-13;/h8,10,12H,5-7,9,11H2,1-4H3,(H,16,17);1H. The number of likely N-dealkylation sites (tertiary alicyclic amines) is 1. The second kappa shape index (κ2) is 9.09. The number of amides is 1. The Morgan fingerprint density at radius 3 is 2.83 bits per heavy atom. The molecule has 1 aromatic rings. The van der Waals surface area contributed by atoms with E-state index in [0.29, 0.717) is 5.92 Å². The highest BCUT2D eigenvalue weighted by atomic mass is 127. The Morgan fingerprint density at radius 2 is 2.26 bits per heavy atom. The highest BCUT2D eigenvalue weighted by molar-refractivity contribution is 14.0. The third-order valence-corrected chi connectivity index (χ3v) is 3.88. The van der Waals surface area contributed by atoms with Gasteiger partial charge in [-0.25, -0.2) is 4.99 Å². The number of hydrogen-bond acceptors (Lipinski definition) is 3. The summed E-state index contributed by atoms with van der Waals surface area (Å²) in [5.74, 6) is 1.31. The number of aryl methyl sites for hydroxylation is 1. The maximum absolute atomic E-state index is 11.7. The van der Waals surface area contributed by atoms with E-state index >= 15 is 0 Å². The molecule has 1 atom stereocenters. The molecule has 1 N–H and O–H groups in total. The fourth-order valence-corrected chi connectivity index (χ4v) is 2.59. The van der Waals surface area contributed by atoms with Gasteiger partial charge in [-0.2, -0.15) is 5.10 Å². The Bertz CT molecular complexity index is 542. The van der Waals surface area contributed by atoms with Crippen LogP contribution in [0.2, 0.25) is 0 Å². The molecule has 1 fully saturated rings. The largest absolute Gasteiger partial charge is 0.357 e. The second-order valence-corrected chi connectivity index (χ2v) is 5.84. The normalized spacial score (nSPS) is 17.8. The van der Waals surface area contributed by atoms with Gasteiger partial charge in [-0.1, -0.05) is 0 Å². The molecule has 0 aliphatic carbocycles. The number of carbonyl (C=O) groups is 1. The van der Waals surface area contributed by atoms with Gasteiger partial charge in [0, 0.05) is 52.9 Å². The van der Waals surface area contributed by atoms with E-state index in [1.54, 1.807) is 19.0 Å². The summed E-state index contributed by atoms with van der Waals surface area (Å²) < 4.78 is 1.84. The van der Waals surface area contributed by atoms with Crippen molar-refractivity contribution in [3.63, 3.8) is 0 Å². The number of nitrogens with zero attached hydrogens (tertiary/aromatic N) is 5. The first-order valence-electron chi connectivity index (χ1n) is 7.73. The lowest BCUT2D eigenvalue weighted by atomic mass is 10.0. The molecule has 2 heterocycles. The summed E-state index contributed by atoms with van der Waals surface area (Å²) in [5.41, 5.74) is 1.27. The SMILES string of the molecule is CCNC(=NCC(=O)N(C)C)N1CCC(c2cnn(C)c2)C1.I. The molecule has 1 aliphatic rings. The molecule has 0 radical (unpaired) electrons. The van der Waals surface area contributed by atoms with Crippen molar-refractivity contribution >= 4 is 35.8 Å². The molecule has 0 saturated carbocycles. The topological polar surface area (TPSA) is 65.8 Å². The van der Waals surface area contributed by atoms with Gasteiger partial charge < -0.3 is 15.1 Å². The molecule has 0 aromatic carbocycles. The van der Waals surface area contributed by atoms with Gasteiger partial charge in [-0.05, 0) is 18.9 Å². The Labute approximate surface area is 155 Å². The zero-order valence-electron chi connectivity index (χ0n) is 14.3.